The van der Waals surface area contributed by atoms with Crippen LogP contribution in [0.15, 0.2) is 47.3 Å². The van der Waals surface area contributed by atoms with E-state index in [0.717, 1.165) is 17.7 Å². The maximum Gasteiger partial charge on any atom is 0.416 e. The molecule has 0 radical (unpaired) electrons. The number of halogens is 4. The number of aromatic nitrogens is 3. The summed E-state index contributed by atoms with van der Waals surface area (Å²) in [4.78, 5) is 4.21. The predicted octanol–water partition coefficient (Wildman–Crippen LogP) is 4.18. The van der Waals surface area contributed by atoms with Gasteiger partial charge in [0.1, 0.15) is 0 Å². The standard InChI is InChI=1S/C13H7BrF3N3/c14-12-18-11-10(2-1-7-20(11)19-12)8-3-5-9(6-4-8)13(15,16)17/h1-7H. The number of fused-ring (bicyclic) bond motifs is 1. The number of hydrogen-bond acceptors (Lipinski definition) is 2. The lowest BCUT2D eigenvalue weighted by Gasteiger charge is -2.08. The summed E-state index contributed by atoms with van der Waals surface area (Å²) in [5.41, 5.74) is 1.29. The largest absolute Gasteiger partial charge is 0.416 e. The molecule has 3 rings (SSSR count). The van der Waals surface area contributed by atoms with Crippen LogP contribution in [0.5, 0.6) is 0 Å². The minimum atomic E-state index is -4.33. The molecule has 3 aromatic rings. The summed E-state index contributed by atoms with van der Waals surface area (Å²) in [7, 11) is 0. The summed E-state index contributed by atoms with van der Waals surface area (Å²) in [5.74, 6) is 0. The molecule has 0 atom stereocenters. The van der Waals surface area contributed by atoms with Crippen LogP contribution in [0.2, 0.25) is 0 Å². The Bertz CT molecular complexity index is 763. The molecule has 0 unspecified atom stereocenters. The highest BCUT2D eigenvalue weighted by Gasteiger charge is 2.30. The van der Waals surface area contributed by atoms with Gasteiger partial charge in [-0.25, -0.2) is 9.50 Å². The van der Waals surface area contributed by atoms with Crippen molar-refractivity contribution in [3.63, 3.8) is 0 Å². The highest BCUT2D eigenvalue weighted by Crippen LogP contribution is 2.31. The van der Waals surface area contributed by atoms with Crippen LogP contribution in [0.4, 0.5) is 13.2 Å². The van der Waals surface area contributed by atoms with Crippen molar-refractivity contribution in [1.29, 1.82) is 0 Å². The van der Waals surface area contributed by atoms with E-state index in [9.17, 15) is 13.2 Å². The molecule has 20 heavy (non-hydrogen) atoms. The number of pyridine rings is 1. The van der Waals surface area contributed by atoms with Crippen molar-refractivity contribution in [3.8, 4) is 11.1 Å². The van der Waals surface area contributed by atoms with Crippen LogP contribution in [0.25, 0.3) is 16.8 Å². The fraction of sp³-hybridized carbons (Fsp3) is 0.0769. The Morgan fingerprint density at radius 1 is 1.05 bits per heavy atom. The minimum Gasteiger partial charge on any atom is -0.219 e. The van der Waals surface area contributed by atoms with Crippen molar-refractivity contribution >= 4 is 21.6 Å². The molecule has 0 bridgehead atoms. The molecule has 0 saturated carbocycles. The highest BCUT2D eigenvalue weighted by atomic mass is 79.9. The first-order chi connectivity index (χ1) is 9.45. The summed E-state index contributed by atoms with van der Waals surface area (Å²) < 4.78 is 39.6. The molecule has 2 heterocycles. The maximum atomic E-state index is 12.5. The van der Waals surface area contributed by atoms with Gasteiger partial charge in [-0.2, -0.15) is 13.2 Å². The van der Waals surface area contributed by atoms with E-state index in [2.05, 4.69) is 26.0 Å². The maximum absolute atomic E-state index is 12.5. The molecule has 0 amide bonds. The first-order valence-corrected chi connectivity index (χ1v) is 6.43. The molecule has 0 spiro atoms. The van der Waals surface area contributed by atoms with Crippen molar-refractivity contribution in [2.45, 2.75) is 6.18 Å². The van der Waals surface area contributed by atoms with Crippen molar-refractivity contribution in [2.24, 2.45) is 0 Å². The molecule has 3 nitrogen and oxygen atoms in total. The lowest BCUT2D eigenvalue weighted by atomic mass is 10.0. The molecule has 7 heteroatoms. The third-order valence-corrected chi connectivity index (χ3v) is 3.20. The van der Waals surface area contributed by atoms with Gasteiger partial charge in [-0.1, -0.05) is 12.1 Å². The van der Waals surface area contributed by atoms with Gasteiger partial charge in [-0.15, -0.1) is 5.10 Å². The molecule has 2 aromatic heterocycles. The molecule has 0 N–H and O–H groups in total. The summed E-state index contributed by atoms with van der Waals surface area (Å²) in [6.07, 6.45) is -2.61. The quantitative estimate of drug-likeness (QED) is 0.664. The van der Waals surface area contributed by atoms with Gasteiger partial charge in [0.15, 0.2) is 5.65 Å². The van der Waals surface area contributed by atoms with E-state index in [4.69, 9.17) is 0 Å². The second-order valence-electron chi connectivity index (χ2n) is 4.15. The number of nitrogens with zero attached hydrogens (tertiary/aromatic N) is 3. The van der Waals surface area contributed by atoms with E-state index in [0.29, 0.717) is 15.9 Å². The fourth-order valence-corrected chi connectivity index (χ4v) is 2.28. The average Bonchev–Trinajstić information content (AvgIpc) is 2.78. The first-order valence-electron chi connectivity index (χ1n) is 5.64. The van der Waals surface area contributed by atoms with Gasteiger partial charge < -0.3 is 0 Å². The number of rotatable bonds is 1. The van der Waals surface area contributed by atoms with Crippen molar-refractivity contribution in [2.75, 3.05) is 0 Å². The minimum absolute atomic E-state index is 0.428. The number of hydrogen-bond donors (Lipinski definition) is 0. The van der Waals surface area contributed by atoms with Crippen molar-refractivity contribution in [3.05, 3.63) is 52.9 Å². The SMILES string of the molecule is FC(F)(F)c1ccc(-c2cccn3nc(Br)nc23)cc1. The second kappa shape index (κ2) is 4.59. The summed E-state index contributed by atoms with van der Waals surface area (Å²) >= 11 is 3.18. The van der Waals surface area contributed by atoms with E-state index >= 15 is 0 Å². The van der Waals surface area contributed by atoms with Crippen LogP contribution < -0.4 is 0 Å². The summed E-state index contributed by atoms with van der Waals surface area (Å²) in [6, 6.07) is 8.54. The van der Waals surface area contributed by atoms with Gasteiger partial charge in [0.25, 0.3) is 0 Å². The molecule has 0 aliphatic carbocycles. The zero-order valence-electron chi connectivity index (χ0n) is 9.89. The molecular formula is C13H7BrF3N3. The lowest BCUT2D eigenvalue weighted by molar-refractivity contribution is -0.137. The Balaban J connectivity index is 2.11. The van der Waals surface area contributed by atoms with Crippen LogP contribution in [-0.2, 0) is 6.18 Å². The average molecular weight is 342 g/mol. The van der Waals surface area contributed by atoms with Crippen LogP contribution in [0.3, 0.4) is 0 Å². The first kappa shape index (κ1) is 13.1. The van der Waals surface area contributed by atoms with Crippen LogP contribution >= 0.6 is 15.9 Å². The van der Waals surface area contributed by atoms with E-state index in [1.165, 1.54) is 12.1 Å². The van der Waals surface area contributed by atoms with Crippen molar-refractivity contribution < 1.29 is 13.2 Å². The van der Waals surface area contributed by atoms with Gasteiger partial charge in [-0.05, 0) is 45.8 Å². The van der Waals surface area contributed by atoms with Crippen molar-refractivity contribution in [1.82, 2.24) is 14.6 Å². The van der Waals surface area contributed by atoms with Crippen LogP contribution in [-0.4, -0.2) is 14.6 Å². The van der Waals surface area contributed by atoms with Gasteiger partial charge in [0.2, 0.25) is 4.73 Å². The van der Waals surface area contributed by atoms with E-state index in [1.807, 2.05) is 0 Å². The van der Waals surface area contributed by atoms with E-state index < -0.39 is 11.7 Å². The second-order valence-corrected chi connectivity index (χ2v) is 4.86. The normalized spacial score (nSPS) is 12.0. The smallest absolute Gasteiger partial charge is 0.219 e. The van der Waals surface area contributed by atoms with E-state index in [1.54, 1.807) is 22.8 Å². The Kier molecular flexibility index (Phi) is 3.01. The van der Waals surface area contributed by atoms with E-state index in [-0.39, 0.29) is 0 Å². The van der Waals surface area contributed by atoms with Gasteiger partial charge in [0, 0.05) is 11.8 Å². The summed E-state index contributed by atoms with van der Waals surface area (Å²) in [6.45, 7) is 0. The number of benzene rings is 1. The Hall–Kier alpha value is -1.89. The lowest BCUT2D eigenvalue weighted by Crippen LogP contribution is -2.04. The summed E-state index contributed by atoms with van der Waals surface area (Å²) in [5, 5.41) is 4.10. The topological polar surface area (TPSA) is 30.2 Å². The fourth-order valence-electron chi connectivity index (χ4n) is 1.94. The van der Waals surface area contributed by atoms with Gasteiger partial charge >= 0.3 is 6.18 Å². The molecule has 0 aliphatic rings. The van der Waals surface area contributed by atoms with Gasteiger partial charge in [0.05, 0.1) is 5.56 Å². The van der Waals surface area contributed by atoms with Gasteiger partial charge in [-0.3, -0.25) is 0 Å². The molecule has 1 aromatic carbocycles. The molecule has 102 valence electrons. The molecule has 0 fully saturated rings. The third kappa shape index (κ3) is 2.29. The number of alkyl halides is 3. The Morgan fingerprint density at radius 3 is 2.40 bits per heavy atom. The molecular weight excluding hydrogens is 335 g/mol. The zero-order chi connectivity index (χ0) is 14.3. The third-order valence-electron chi connectivity index (χ3n) is 2.86. The zero-order valence-corrected chi connectivity index (χ0v) is 11.5. The predicted molar refractivity (Wildman–Crippen MR) is 71.1 cm³/mol. The van der Waals surface area contributed by atoms with Crippen LogP contribution in [0, 0.1) is 0 Å². The Morgan fingerprint density at radius 2 is 1.75 bits per heavy atom. The molecule has 0 saturated heterocycles. The monoisotopic (exact) mass is 341 g/mol. The highest BCUT2D eigenvalue weighted by molar-refractivity contribution is 9.10. The van der Waals surface area contributed by atoms with Crippen LogP contribution in [0.1, 0.15) is 5.56 Å². The molecule has 0 aliphatic heterocycles. The Labute approximate surface area is 120 Å².